The minimum absolute atomic E-state index is 0.0337. The Labute approximate surface area is 169 Å². The van der Waals surface area contributed by atoms with Crippen LogP contribution < -0.4 is 0 Å². The molecule has 5 heteroatoms. The Hall–Kier alpha value is -3.28. The number of imide groups is 1. The van der Waals surface area contributed by atoms with Gasteiger partial charge in [0, 0.05) is 0 Å². The largest absolute Gasteiger partial charge is 0.346 e. The third-order valence-electron chi connectivity index (χ3n) is 4.77. The maximum atomic E-state index is 12.7. The molecule has 0 aromatic heterocycles. The molecule has 2 amide bonds. The van der Waals surface area contributed by atoms with Gasteiger partial charge in [-0.25, -0.2) is 0 Å². The lowest BCUT2D eigenvalue weighted by Gasteiger charge is -2.23. The van der Waals surface area contributed by atoms with Crippen LogP contribution in [0.3, 0.4) is 0 Å². The Balaban J connectivity index is 1.47. The van der Waals surface area contributed by atoms with Crippen LogP contribution >= 0.6 is 0 Å². The predicted molar refractivity (Wildman–Crippen MR) is 108 cm³/mol. The zero-order valence-electron chi connectivity index (χ0n) is 15.9. The first-order chi connectivity index (χ1) is 14.2. The van der Waals surface area contributed by atoms with E-state index in [9.17, 15) is 9.59 Å². The summed E-state index contributed by atoms with van der Waals surface area (Å²) in [7, 11) is 0. The van der Waals surface area contributed by atoms with Crippen molar-refractivity contribution in [1.82, 2.24) is 4.90 Å². The van der Waals surface area contributed by atoms with Gasteiger partial charge in [-0.1, -0.05) is 72.8 Å². The molecule has 0 fully saturated rings. The molecule has 0 N–H and O–H groups in total. The summed E-state index contributed by atoms with van der Waals surface area (Å²) in [5.41, 5.74) is 2.82. The van der Waals surface area contributed by atoms with E-state index in [0.29, 0.717) is 24.3 Å². The number of hydrogen-bond donors (Lipinski definition) is 0. The van der Waals surface area contributed by atoms with E-state index in [0.717, 1.165) is 11.1 Å². The maximum Gasteiger partial charge on any atom is 0.261 e. The number of hydrogen-bond acceptors (Lipinski definition) is 4. The van der Waals surface area contributed by atoms with Crippen LogP contribution in [0, 0.1) is 0 Å². The van der Waals surface area contributed by atoms with Crippen LogP contribution in [0.5, 0.6) is 0 Å². The number of amides is 2. The van der Waals surface area contributed by atoms with Gasteiger partial charge in [0.25, 0.3) is 11.8 Å². The van der Waals surface area contributed by atoms with Crippen molar-refractivity contribution in [3.8, 4) is 0 Å². The summed E-state index contributed by atoms with van der Waals surface area (Å²) in [6.07, 6.45) is -0.738. The first-order valence-electron chi connectivity index (χ1n) is 9.48. The van der Waals surface area contributed by atoms with E-state index in [4.69, 9.17) is 9.47 Å². The summed E-state index contributed by atoms with van der Waals surface area (Å²) in [6.45, 7) is 0.680. The Morgan fingerprint density at radius 1 is 0.621 bits per heavy atom. The molecular weight excluding hydrogens is 366 g/mol. The Kier molecular flexibility index (Phi) is 5.79. The fourth-order valence-corrected chi connectivity index (χ4v) is 3.23. The number of nitrogens with zero attached hydrogens (tertiary/aromatic N) is 1. The standard InChI is InChI=1S/C24H21NO4/c26-23-20-13-7-8-14-21(20)24(27)25(23)15-22(28-16-18-9-3-1-4-10-18)29-17-19-11-5-2-6-12-19/h1-14,22H,15-17H2. The van der Waals surface area contributed by atoms with E-state index >= 15 is 0 Å². The van der Waals surface area contributed by atoms with Crippen molar-refractivity contribution in [2.75, 3.05) is 6.54 Å². The summed E-state index contributed by atoms with van der Waals surface area (Å²) in [4.78, 5) is 26.6. The molecule has 146 valence electrons. The highest BCUT2D eigenvalue weighted by Gasteiger charge is 2.36. The van der Waals surface area contributed by atoms with Crippen molar-refractivity contribution in [3.05, 3.63) is 107 Å². The number of fused-ring (bicyclic) bond motifs is 1. The summed E-state index contributed by atoms with van der Waals surface area (Å²) >= 11 is 0. The molecule has 0 atom stereocenters. The molecule has 3 aromatic rings. The molecular formula is C24H21NO4. The molecule has 5 nitrogen and oxygen atoms in total. The average Bonchev–Trinajstić information content (AvgIpc) is 3.02. The lowest BCUT2D eigenvalue weighted by molar-refractivity contribution is -0.160. The molecule has 1 heterocycles. The Morgan fingerprint density at radius 2 is 1.03 bits per heavy atom. The van der Waals surface area contributed by atoms with Gasteiger partial charge in [0.2, 0.25) is 0 Å². The first kappa shape index (κ1) is 19.1. The normalized spacial score (nSPS) is 13.2. The SMILES string of the molecule is O=C1c2ccccc2C(=O)N1CC(OCc1ccccc1)OCc1ccccc1. The lowest BCUT2D eigenvalue weighted by Crippen LogP contribution is -2.39. The number of carbonyl (C=O) groups excluding carboxylic acids is 2. The van der Waals surface area contributed by atoms with Gasteiger partial charge in [0.05, 0.1) is 30.9 Å². The fraction of sp³-hybridized carbons (Fsp3) is 0.167. The van der Waals surface area contributed by atoms with Gasteiger partial charge >= 0.3 is 0 Å². The highest BCUT2D eigenvalue weighted by Crippen LogP contribution is 2.23. The minimum Gasteiger partial charge on any atom is -0.346 e. The smallest absolute Gasteiger partial charge is 0.261 e. The van der Waals surface area contributed by atoms with Gasteiger partial charge < -0.3 is 9.47 Å². The second kappa shape index (κ2) is 8.82. The Bertz CT molecular complexity index is 910. The van der Waals surface area contributed by atoms with Gasteiger partial charge in [-0.3, -0.25) is 14.5 Å². The topological polar surface area (TPSA) is 55.8 Å². The molecule has 0 unspecified atom stereocenters. The van der Waals surface area contributed by atoms with Gasteiger partial charge in [0.1, 0.15) is 0 Å². The molecule has 0 bridgehead atoms. The van der Waals surface area contributed by atoms with E-state index in [1.54, 1.807) is 24.3 Å². The monoisotopic (exact) mass is 387 g/mol. The van der Waals surface area contributed by atoms with E-state index in [-0.39, 0.29) is 18.4 Å². The third kappa shape index (κ3) is 4.42. The van der Waals surface area contributed by atoms with Crippen LogP contribution in [0.25, 0.3) is 0 Å². The average molecular weight is 387 g/mol. The Morgan fingerprint density at radius 3 is 1.48 bits per heavy atom. The number of rotatable bonds is 8. The van der Waals surface area contributed by atoms with E-state index in [1.807, 2.05) is 60.7 Å². The van der Waals surface area contributed by atoms with E-state index in [1.165, 1.54) is 4.90 Å². The highest BCUT2D eigenvalue weighted by molar-refractivity contribution is 6.21. The second-order valence-electron chi connectivity index (χ2n) is 6.79. The van der Waals surface area contributed by atoms with Gasteiger partial charge in [-0.15, -0.1) is 0 Å². The number of ether oxygens (including phenoxy) is 2. The van der Waals surface area contributed by atoms with Crippen LogP contribution in [0.15, 0.2) is 84.9 Å². The number of benzene rings is 3. The summed E-state index contributed by atoms with van der Waals surface area (Å²) in [6, 6.07) is 26.3. The molecule has 0 saturated heterocycles. The highest BCUT2D eigenvalue weighted by atomic mass is 16.7. The lowest BCUT2D eigenvalue weighted by atomic mass is 10.1. The molecule has 0 radical (unpaired) electrons. The molecule has 0 saturated carbocycles. The van der Waals surface area contributed by atoms with Crippen molar-refractivity contribution >= 4 is 11.8 Å². The predicted octanol–water partition coefficient (Wildman–Crippen LogP) is 4.04. The zero-order chi connectivity index (χ0) is 20.1. The van der Waals surface area contributed by atoms with Crippen molar-refractivity contribution in [2.45, 2.75) is 19.5 Å². The van der Waals surface area contributed by atoms with Gasteiger partial charge in [-0.2, -0.15) is 0 Å². The van der Waals surface area contributed by atoms with Crippen molar-refractivity contribution in [3.63, 3.8) is 0 Å². The second-order valence-corrected chi connectivity index (χ2v) is 6.79. The first-order valence-corrected chi connectivity index (χ1v) is 9.48. The summed E-state index contributed by atoms with van der Waals surface area (Å²) < 4.78 is 11.9. The minimum atomic E-state index is -0.738. The zero-order valence-corrected chi connectivity index (χ0v) is 15.9. The van der Waals surface area contributed by atoms with Crippen LogP contribution in [0.1, 0.15) is 31.8 Å². The van der Waals surface area contributed by atoms with Gasteiger partial charge in [0.15, 0.2) is 6.29 Å². The third-order valence-corrected chi connectivity index (χ3v) is 4.77. The molecule has 1 aliphatic heterocycles. The summed E-state index contributed by atoms with van der Waals surface area (Å²) in [5, 5.41) is 0. The maximum absolute atomic E-state index is 12.7. The van der Waals surface area contributed by atoms with Crippen LogP contribution in [-0.2, 0) is 22.7 Å². The van der Waals surface area contributed by atoms with Crippen molar-refractivity contribution in [2.24, 2.45) is 0 Å². The molecule has 0 spiro atoms. The molecule has 29 heavy (non-hydrogen) atoms. The molecule has 1 aliphatic rings. The van der Waals surface area contributed by atoms with Gasteiger partial charge in [-0.05, 0) is 23.3 Å². The molecule has 0 aliphatic carbocycles. The van der Waals surface area contributed by atoms with E-state index < -0.39 is 6.29 Å². The summed E-state index contributed by atoms with van der Waals surface area (Å²) in [5.74, 6) is -0.635. The molecule has 3 aromatic carbocycles. The van der Waals surface area contributed by atoms with Crippen LogP contribution in [0.2, 0.25) is 0 Å². The quantitative estimate of drug-likeness (QED) is 0.432. The van der Waals surface area contributed by atoms with E-state index in [2.05, 4.69) is 0 Å². The van der Waals surface area contributed by atoms with Crippen molar-refractivity contribution in [1.29, 1.82) is 0 Å². The van der Waals surface area contributed by atoms with Crippen LogP contribution in [0.4, 0.5) is 0 Å². The van der Waals surface area contributed by atoms with Crippen LogP contribution in [-0.4, -0.2) is 29.5 Å². The van der Waals surface area contributed by atoms with Crippen molar-refractivity contribution < 1.29 is 19.1 Å². The fourth-order valence-electron chi connectivity index (χ4n) is 3.23. The molecule has 4 rings (SSSR count). The number of carbonyl (C=O) groups is 2.